The van der Waals surface area contributed by atoms with Crippen molar-refractivity contribution < 1.29 is 13.6 Å². The van der Waals surface area contributed by atoms with Gasteiger partial charge >= 0.3 is 0 Å². The van der Waals surface area contributed by atoms with Gasteiger partial charge in [-0.05, 0) is 35.2 Å². The average molecular weight is 197 g/mol. The van der Waals surface area contributed by atoms with Crippen molar-refractivity contribution in [3.63, 3.8) is 0 Å². The molecule has 0 heterocycles. The number of rotatable bonds is 4. The molecule has 0 aliphatic rings. The highest BCUT2D eigenvalue weighted by Crippen LogP contribution is 2.09. The van der Waals surface area contributed by atoms with Gasteiger partial charge in [0.05, 0.1) is 0 Å². The van der Waals surface area contributed by atoms with Crippen LogP contribution in [0.25, 0.3) is 0 Å². The molecule has 0 N–H and O–H groups in total. The van der Waals surface area contributed by atoms with E-state index >= 15 is 0 Å². The normalized spacial score (nSPS) is 12.4. The number of aldehydes is 1. The highest BCUT2D eigenvalue weighted by molar-refractivity contribution is 7.79. The van der Waals surface area contributed by atoms with Crippen molar-refractivity contribution >= 4 is 17.4 Å². The summed E-state index contributed by atoms with van der Waals surface area (Å²) < 4.78 is 21.1. The van der Waals surface area contributed by atoms with E-state index in [-0.39, 0.29) is 4.90 Å². The molecule has 0 saturated heterocycles. The average Bonchev–Trinajstić information content (AvgIpc) is 2.15. The van der Waals surface area contributed by atoms with Crippen molar-refractivity contribution in [2.75, 3.05) is 0 Å². The Morgan fingerprint density at radius 2 is 2.23 bits per heavy atom. The molecule has 0 aromatic heterocycles. The van der Waals surface area contributed by atoms with E-state index in [0.717, 1.165) is 11.8 Å². The molecule has 70 valence electrons. The topological polar surface area (TPSA) is 57.2 Å². The first-order chi connectivity index (χ1) is 6.24. The van der Waals surface area contributed by atoms with Gasteiger partial charge in [0, 0.05) is 11.3 Å². The van der Waals surface area contributed by atoms with E-state index in [0.29, 0.717) is 12.8 Å². The summed E-state index contributed by atoms with van der Waals surface area (Å²) in [7, 11) is 0. The number of benzene rings is 1. The predicted molar refractivity (Wildman–Crippen MR) is 48.0 cm³/mol. The van der Waals surface area contributed by atoms with Gasteiger partial charge in [-0.15, -0.1) is 0 Å². The second-order valence-corrected chi connectivity index (χ2v) is 3.53. The number of carbonyl (C=O) groups excluding carboxylic acids is 1. The van der Waals surface area contributed by atoms with Crippen molar-refractivity contribution in [1.29, 1.82) is 0 Å². The van der Waals surface area contributed by atoms with Crippen LogP contribution >= 0.6 is 0 Å². The van der Waals surface area contributed by atoms with Crippen molar-refractivity contribution in [3.05, 3.63) is 29.8 Å². The lowest BCUT2D eigenvalue weighted by Crippen LogP contribution is -1.92. The minimum Gasteiger partial charge on any atom is -0.768 e. The zero-order chi connectivity index (χ0) is 9.68. The van der Waals surface area contributed by atoms with Crippen LogP contribution < -0.4 is 0 Å². The number of carbonyl (C=O) groups is 1. The summed E-state index contributed by atoms with van der Waals surface area (Å²) in [6.07, 6.45) is 1.84. The van der Waals surface area contributed by atoms with Crippen LogP contribution in [0.3, 0.4) is 0 Å². The Morgan fingerprint density at radius 3 is 2.85 bits per heavy atom. The van der Waals surface area contributed by atoms with E-state index in [2.05, 4.69) is 0 Å². The molecule has 1 aromatic rings. The van der Waals surface area contributed by atoms with Gasteiger partial charge in [0.2, 0.25) is 0 Å². The monoisotopic (exact) mass is 197 g/mol. The summed E-state index contributed by atoms with van der Waals surface area (Å²) >= 11 is -2.18. The molecule has 0 saturated carbocycles. The Balaban J connectivity index is 2.79. The Morgan fingerprint density at radius 1 is 1.46 bits per heavy atom. The molecule has 4 heteroatoms. The molecule has 13 heavy (non-hydrogen) atoms. The molecule has 0 aliphatic carbocycles. The molecule has 0 aliphatic heterocycles. The third-order valence-electron chi connectivity index (χ3n) is 1.64. The minimum absolute atomic E-state index is 0.267. The van der Waals surface area contributed by atoms with Gasteiger partial charge in [-0.2, -0.15) is 0 Å². The van der Waals surface area contributed by atoms with Crippen LogP contribution in [0.4, 0.5) is 0 Å². The lowest BCUT2D eigenvalue weighted by atomic mass is 10.1. The van der Waals surface area contributed by atoms with Gasteiger partial charge in [-0.1, -0.05) is 12.1 Å². The fourth-order valence-corrected chi connectivity index (χ4v) is 1.47. The highest BCUT2D eigenvalue weighted by atomic mass is 32.2. The summed E-state index contributed by atoms with van der Waals surface area (Å²) in [6.45, 7) is 0. The second-order valence-electron chi connectivity index (χ2n) is 2.59. The molecule has 0 bridgehead atoms. The first-order valence-corrected chi connectivity index (χ1v) is 4.93. The van der Waals surface area contributed by atoms with Crippen molar-refractivity contribution in [2.24, 2.45) is 0 Å². The molecule has 0 spiro atoms. The number of aryl methyl sites for hydroxylation is 1. The molecular formula is C9H9O3S-. The van der Waals surface area contributed by atoms with Gasteiger partial charge in [0.25, 0.3) is 0 Å². The molecule has 3 nitrogen and oxygen atoms in total. The Kier molecular flexibility index (Phi) is 3.79. The van der Waals surface area contributed by atoms with Crippen LogP contribution in [0.1, 0.15) is 12.0 Å². The van der Waals surface area contributed by atoms with Gasteiger partial charge in [0.15, 0.2) is 0 Å². The first kappa shape index (κ1) is 10.1. The van der Waals surface area contributed by atoms with Crippen molar-refractivity contribution in [1.82, 2.24) is 0 Å². The van der Waals surface area contributed by atoms with E-state index < -0.39 is 11.1 Å². The number of hydrogen-bond donors (Lipinski definition) is 0. The summed E-state index contributed by atoms with van der Waals surface area (Å²) in [4.78, 5) is 10.3. The molecule has 0 amide bonds. The van der Waals surface area contributed by atoms with E-state index in [1.54, 1.807) is 18.2 Å². The third kappa shape index (κ3) is 3.08. The number of hydrogen-bond acceptors (Lipinski definition) is 3. The maximum Gasteiger partial charge on any atom is 0.120 e. The van der Waals surface area contributed by atoms with Gasteiger partial charge in [0.1, 0.15) is 6.29 Å². The zero-order valence-corrected chi connectivity index (χ0v) is 7.75. The standard InChI is InChI=1S/C9H10O3S/c10-6-2-4-8-3-1-5-9(7-8)13(11)12/h1,3,5-7H,2,4H2,(H,11,12)/p-1. The summed E-state index contributed by atoms with van der Waals surface area (Å²) in [5.74, 6) is 0. The summed E-state index contributed by atoms with van der Waals surface area (Å²) in [5, 5.41) is 0. The highest BCUT2D eigenvalue weighted by Gasteiger charge is 1.95. The smallest absolute Gasteiger partial charge is 0.120 e. The van der Waals surface area contributed by atoms with E-state index in [1.807, 2.05) is 0 Å². The SMILES string of the molecule is O=CCCc1cccc(S(=O)[O-])c1. The van der Waals surface area contributed by atoms with E-state index in [4.69, 9.17) is 0 Å². The summed E-state index contributed by atoms with van der Waals surface area (Å²) in [5.41, 5.74) is 0.869. The zero-order valence-electron chi connectivity index (χ0n) is 6.93. The van der Waals surface area contributed by atoms with Crippen LogP contribution in [0.2, 0.25) is 0 Å². The van der Waals surface area contributed by atoms with E-state index in [1.165, 1.54) is 6.07 Å². The molecule has 1 unspecified atom stereocenters. The molecule has 1 aromatic carbocycles. The predicted octanol–water partition coefficient (Wildman–Crippen LogP) is 1.06. The third-order valence-corrected chi connectivity index (χ3v) is 2.28. The largest absolute Gasteiger partial charge is 0.768 e. The lowest BCUT2D eigenvalue weighted by molar-refractivity contribution is -0.107. The minimum atomic E-state index is -2.18. The van der Waals surface area contributed by atoms with Crippen LogP contribution in [-0.4, -0.2) is 15.0 Å². The van der Waals surface area contributed by atoms with E-state index in [9.17, 15) is 13.6 Å². The fourth-order valence-electron chi connectivity index (χ4n) is 1.03. The second kappa shape index (κ2) is 4.89. The Hall–Kier alpha value is -1.00. The Labute approximate surface area is 79.1 Å². The lowest BCUT2D eigenvalue weighted by Gasteiger charge is -2.06. The summed E-state index contributed by atoms with van der Waals surface area (Å²) in [6, 6.07) is 6.57. The van der Waals surface area contributed by atoms with Crippen LogP contribution in [-0.2, 0) is 22.3 Å². The first-order valence-electron chi connectivity index (χ1n) is 3.86. The molecule has 1 rings (SSSR count). The molecular weight excluding hydrogens is 188 g/mol. The maximum atomic E-state index is 10.6. The van der Waals surface area contributed by atoms with Crippen molar-refractivity contribution in [3.8, 4) is 0 Å². The van der Waals surface area contributed by atoms with Crippen molar-refractivity contribution in [2.45, 2.75) is 17.7 Å². The fraction of sp³-hybridized carbons (Fsp3) is 0.222. The van der Waals surface area contributed by atoms with Crippen LogP contribution in [0, 0.1) is 0 Å². The molecule has 0 radical (unpaired) electrons. The van der Waals surface area contributed by atoms with Gasteiger partial charge < -0.3 is 9.35 Å². The van der Waals surface area contributed by atoms with Crippen LogP contribution in [0.5, 0.6) is 0 Å². The molecule has 1 atom stereocenters. The molecule has 0 fully saturated rings. The maximum absolute atomic E-state index is 10.6. The van der Waals surface area contributed by atoms with Crippen LogP contribution in [0.15, 0.2) is 29.2 Å². The Bertz CT molecular complexity index is 322. The van der Waals surface area contributed by atoms with Gasteiger partial charge in [-0.3, -0.25) is 4.21 Å². The quantitative estimate of drug-likeness (QED) is 0.535. The van der Waals surface area contributed by atoms with Gasteiger partial charge in [-0.25, -0.2) is 0 Å².